The van der Waals surface area contributed by atoms with Crippen molar-refractivity contribution in [2.75, 3.05) is 18.9 Å². The molecule has 3 N–H and O–H groups in total. The third-order valence-electron chi connectivity index (χ3n) is 4.17. The third-order valence-corrected chi connectivity index (χ3v) is 5.22. The maximum atomic E-state index is 10.0. The van der Waals surface area contributed by atoms with Crippen LogP contribution in [0.2, 0.25) is 5.02 Å². The molecule has 0 atom stereocenters. The fraction of sp³-hybridized carbons (Fsp3) is 0.235. The number of nitrogens with zero attached hydrogens (tertiary/aromatic N) is 2. The number of fused-ring (bicyclic) bond motifs is 2. The molecule has 0 bridgehead atoms. The first-order valence-electron chi connectivity index (χ1n) is 7.70. The molecule has 0 unspecified atom stereocenters. The Bertz CT molecular complexity index is 840. The lowest BCUT2D eigenvalue weighted by Crippen LogP contribution is -2.28. The topological polar surface area (TPSA) is 59.9 Å². The Morgan fingerprint density at radius 3 is 3.04 bits per heavy atom. The van der Waals surface area contributed by atoms with Crippen LogP contribution in [0, 0.1) is 0 Å². The van der Waals surface area contributed by atoms with Crippen molar-refractivity contribution in [3.63, 3.8) is 0 Å². The van der Waals surface area contributed by atoms with Gasteiger partial charge in [0.1, 0.15) is 11.4 Å². The molecule has 2 aromatic carbocycles. The number of nitrogens with one attached hydrogen (secondary N) is 2. The van der Waals surface area contributed by atoms with Crippen molar-refractivity contribution in [2.45, 2.75) is 17.9 Å². The van der Waals surface area contributed by atoms with E-state index in [0.29, 0.717) is 16.7 Å². The summed E-state index contributed by atoms with van der Waals surface area (Å²) < 4.78 is 3.14. The normalized spacial score (nSPS) is 16.7. The summed E-state index contributed by atoms with van der Waals surface area (Å²) in [6, 6.07) is 9.69. The molecule has 0 fully saturated rings. The molecular weight excluding hydrogens is 344 g/mol. The van der Waals surface area contributed by atoms with Gasteiger partial charge in [-0.15, -0.1) is 0 Å². The summed E-state index contributed by atoms with van der Waals surface area (Å²) in [5.41, 5.74) is 4.26. The zero-order valence-electron chi connectivity index (χ0n) is 13.1. The molecule has 0 radical (unpaired) electrons. The van der Waals surface area contributed by atoms with Crippen molar-refractivity contribution in [2.24, 2.45) is 4.99 Å². The van der Waals surface area contributed by atoms with Gasteiger partial charge in [0.2, 0.25) is 5.96 Å². The number of likely N-dealkylation sites (N-methyl/N-ethyl adjacent to an activating group) is 1. The number of halogens is 1. The van der Waals surface area contributed by atoms with Crippen molar-refractivity contribution in [3.05, 3.63) is 46.5 Å². The van der Waals surface area contributed by atoms with Gasteiger partial charge in [0.05, 0.1) is 4.90 Å². The second kappa shape index (κ2) is 6.20. The highest BCUT2D eigenvalue weighted by Gasteiger charge is 2.18. The highest BCUT2D eigenvalue weighted by atomic mass is 35.5. The number of hydrogen-bond donors (Lipinski definition) is 3. The minimum atomic E-state index is 0.0814. The van der Waals surface area contributed by atoms with Crippen molar-refractivity contribution in [1.82, 2.24) is 9.62 Å². The molecule has 0 spiro atoms. The van der Waals surface area contributed by atoms with Gasteiger partial charge >= 0.3 is 0 Å². The van der Waals surface area contributed by atoms with Crippen LogP contribution in [0.25, 0.3) is 0 Å². The van der Waals surface area contributed by atoms with Crippen molar-refractivity contribution >= 4 is 40.9 Å². The van der Waals surface area contributed by atoms with Gasteiger partial charge in [-0.2, -0.15) is 0 Å². The van der Waals surface area contributed by atoms with E-state index in [4.69, 9.17) is 11.6 Å². The maximum absolute atomic E-state index is 10.0. The van der Waals surface area contributed by atoms with Crippen LogP contribution in [0.15, 0.2) is 40.2 Å². The molecule has 4 rings (SSSR count). The average Bonchev–Trinajstić information content (AvgIpc) is 2.55. The standard InChI is InChI=1S/C17H17ClN4OS/c1-22-5-4-10-2-3-13(6-11(10)9-22)19-17-20-16-14(23)7-12(18)8-15(16)24-21-17/h2-3,6-8,23H,4-5,9H2,1H3,(H2,19,20,21). The van der Waals surface area contributed by atoms with E-state index in [0.717, 1.165) is 30.1 Å². The van der Waals surface area contributed by atoms with Gasteiger partial charge in [-0.3, -0.25) is 4.72 Å². The van der Waals surface area contributed by atoms with Gasteiger partial charge in [-0.25, -0.2) is 4.99 Å². The van der Waals surface area contributed by atoms with E-state index in [-0.39, 0.29) is 5.75 Å². The average molecular weight is 361 g/mol. The SMILES string of the molecule is CN1CCc2ccc(NC3=Nc4c(O)cc(Cl)cc4SN3)cc2C1. The molecule has 0 amide bonds. The number of aliphatic imine (C=N–C) groups is 1. The molecule has 2 aliphatic heterocycles. The van der Waals surface area contributed by atoms with Crippen LogP contribution in [-0.2, 0) is 13.0 Å². The monoisotopic (exact) mass is 360 g/mol. The van der Waals surface area contributed by atoms with Crippen LogP contribution in [-0.4, -0.2) is 29.6 Å². The van der Waals surface area contributed by atoms with Gasteiger partial charge < -0.3 is 15.3 Å². The number of guanidine groups is 1. The van der Waals surface area contributed by atoms with E-state index < -0.39 is 0 Å². The summed E-state index contributed by atoms with van der Waals surface area (Å²) in [6.45, 7) is 2.06. The van der Waals surface area contributed by atoms with Gasteiger partial charge in [0.15, 0.2) is 0 Å². The summed E-state index contributed by atoms with van der Waals surface area (Å²) in [7, 11) is 2.14. The zero-order valence-corrected chi connectivity index (χ0v) is 14.7. The Kier molecular flexibility index (Phi) is 4.04. The van der Waals surface area contributed by atoms with E-state index in [9.17, 15) is 5.11 Å². The number of rotatable bonds is 1. The first-order chi connectivity index (χ1) is 11.6. The zero-order chi connectivity index (χ0) is 16.7. The lowest BCUT2D eigenvalue weighted by Gasteiger charge is -2.25. The smallest absolute Gasteiger partial charge is 0.211 e. The predicted molar refractivity (Wildman–Crippen MR) is 99.3 cm³/mol. The first kappa shape index (κ1) is 15.6. The van der Waals surface area contributed by atoms with Gasteiger partial charge in [0.25, 0.3) is 0 Å². The van der Waals surface area contributed by atoms with E-state index in [1.165, 1.54) is 29.1 Å². The second-order valence-electron chi connectivity index (χ2n) is 6.03. The van der Waals surface area contributed by atoms with Crippen LogP contribution >= 0.6 is 23.5 Å². The molecule has 124 valence electrons. The number of aromatic hydroxyl groups is 1. The Morgan fingerprint density at radius 1 is 1.29 bits per heavy atom. The molecule has 2 aliphatic rings. The summed E-state index contributed by atoms with van der Waals surface area (Å²) in [4.78, 5) is 7.58. The van der Waals surface area contributed by atoms with Gasteiger partial charge in [-0.05, 0) is 54.7 Å². The van der Waals surface area contributed by atoms with E-state index in [1.807, 2.05) is 0 Å². The molecule has 5 nitrogen and oxygen atoms in total. The van der Waals surface area contributed by atoms with Gasteiger partial charge in [0, 0.05) is 29.9 Å². The Balaban J connectivity index is 1.60. The maximum Gasteiger partial charge on any atom is 0.211 e. The molecule has 7 heteroatoms. The van der Waals surface area contributed by atoms with Crippen LogP contribution in [0.4, 0.5) is 11.4 Å². The van der Waals surface area contributed by atoms with Crippen LogP contribution in [0.5, 0.6) is 5.75 Å². The van der Waals surface area contributed by atoms with Crippen molar-refractivity contribution < 1.29 is 5.11 Å². The third kappa shape index (κ3) is 3.05. The molecule has 0 aliphatic carbocycles. The Morgan fingerprint density at radius 2 is 2.17 bits per heavy atom. The van der Waals surface area contributed by atoms with Crippen molar-refractivity contribution in [3.8, 4) is 5.75 Å². The lowest BCUT2D eigenvalue weighted by atomic mass is 9.99. The highest BCUT2D eigenvalue weighted by Crippen LogP contribution is 2.41. The predicted octanol–water partition coefficient (Wildman–Crippen LogP) is 3.74. The second-order valence-corrected chi connectivity index (χ2v) is 7.32. The lowest BCUT2D eigenvalue weighted by molar-refractivity contribution is 0.313. The fourth-order valence-electron chi connectivity index (χ4n) is 2.95. The summed E-state index contributed by atoms with van der Waals surface area (Å²) >= 11 is 7.34. The molecule has 0 saturated heterocycles. The first-order valence-corrected chi connectivity index (χ1v) is 8.89. The molecule has 2 heterocycles. The van der Waals surface area contributed by atoms with Gasteiger partial charge in [-0.1, -0.05) is 17.7 Å². The summed E-state index contributed by atoms with van der Waals surface area (Å²) in [6.07, 6.45) is 1.09. The fourth-order valence-corrected chi connectivity index (χ4v) is 3.97. The molecule has 0 saturated carbocycles. The summed E-state index contributed by atoms with van der Waals surface area (Å²) in [5.74, 6) is 0.673. The molecule has 24 heavy (non-hydrogen) atoms. The molecule has 2 aromatic rings. The van der Waals surface area contributed by atoms with Crippen molar-refractivity contribution in [1.29, 1.82) is 0 Å². The van der Waals surface area contributed by atoms with E-state index in [2.05, 4.69) is 45.2 Å². The quantitative estimate of drug-likeness (QED) is 0.676. The molecule has 0 aromatic heterocycles. The number of phenols is 1. The largest absolute Gasteiger partial charge is 0.506 e. The summed E-state index contributed by atoms with van der Waals surface area (Å²) in [5, 5.41) is 13.8. The van der Waals surface area contributed by atoms with E-state index >= 15 is 0 Å². The number of anilines is 1. The molecular formula is C17H17ClN4OS. The number of phenolic OH excluding ortho intramolecular Hbond substituents is 1. The van der Waals surface area contributed by atoms with Crippen LogP contribution in [0.1, 0.15) is 11.1 Å². The highest BCUT2D eigenvalue weighted by molar-refractivity contribution is 7.98. The van der Waals surface area contributed by atoms with Crippen LogP contribution < -0.4 is 10.0 Å². The number of benzene rings is 2. The minimum absolute atomic E-state index is 0.0814. The van der Waals surface area contributed by atoms with E-state index in [1.54, 1.807) is 6.07 Å². The van der Waals surface area contributed by atoms with Crippen LogP contribution in [0.3, 0.4) is 0 Å². The Labute approximate surface area is 149 Å². The minimum Gasteiger partial charge on any atom is -0.506 e. The number of hydrogen-bond acceptors (Lipinski definition) is 6. The Hall–Kier alpha value is -1.89.